The van der Waals surface area contributed by atoms with Gasteiger partial charge in [0.1, 0.15) is 0 Å². The first-order valence-corrected chi connectivity index (χ1v) is 11.6. The lowest BCUT2D eigenvalue weighted by molar-refractivity contribution is -0.137. The Balaban J connectivity index is 1.54. The standard InChI is InChI=1S/C22H25F3N2O3S/c1-2-17-3-5-18(6-4-17)7-12-21(28)26-13-15-27(16-14-26)31(29,30)20-10-8-19(9-11-20)22(23,24)25/h3-6,8-11H,2,7,12-16H2,1H3. The molecule has 1 fully saturated rings. The van der Waals surface area contributed by atoms with Gasteiger partial charge in [-0.05, 0) is 48.2 Å². The molecule has 5 nitrogen and oxygen atoms in total. The summed E-state index contributed by atoms with van der Waals surface area (Å²) in [5.74, 6) is -0.0360. The van der Waals surface area contributed by atoms with Gasteiger partial charge in [-0.3, -0.25) is 4.79 Å². The van der Waals surface area contributed by atoms with E-state index in [9.17, 15) is 26.4 Å². The summed E-state index contributed by atoms with van der Waals surface area (Å²) < 4.78 is 64.8. The van der Waals surface area contributed by atoms with Crippen molar-refractivity contribution >= 4 is 15.9 Å². The van der Waals surface area contributed by atoms with E-state index in [0.717, 1.165) is 36.2 Å². The van der Waals surface area contributed by atoms with E-state index in [4.69, 9.17) is 0 Å². The van der Waals surface area contributed by atoms with E-state index in [2.05, 4.69) is 6.92 Å². The normalized spacial score (nSPS) is 15.8. The van der Waals surface area contributed by atoms with Gasteiger partial charge in [-0.2, -0.15) is 17.5 Å². The Morgan fingerprint density at radius 1 is 0.903 bits per heavy atom. The molecule has 0 radical (unpaired) electrons. The summed E-state index contributed by atoms with van der Waals surface area (Å²) in [4.78, 5) is 14.0. The second-order valence-corrected chi connectivity index (χ2v) is 9.41. The van der Waals surface area contributed by atoms with Gasteiger partial charge in [0.15, 0.2) is 0 Å². The SMILES string of the molecule is CCc1ccc(CCC(=O)N2CCN(S(=O)(=O)c3ccc(C(F)(F)F)cc3)CC2)cc1. The molecule has 1 aliphatic rings. The molecule has 0 spiro atoms. The summed E-state index contributed by atoms with van der Waals surface area (Å²) in [5.41, 5.74) is 1.42. The number of sulfonamides is 1. The summed E-state index contributed by atoms with van der Waals surface area (Å²) in [6.45, 7) is 2.82. The van der Waals surface area contributed by atoms with E-state index in [-0.39, 0.29) is 37.0 Å². The second-order valence-electron chi connectivity index (χ2n) is 7.48. The van der Waals surface area contributed by atoms with Crippen LogP contribution in [0.3, 0.4) is 0 Å². The first-order valence-electron chi connectivity index (χ1n) is 10.1. The average molecular weight is 455 g/mol. The van der Waals surface area contributed by atoms with Crippen molar-refractivity contribution in [1.29, 1.82) is 0 Å². The Kier molecular flexibility index (Phi) is 7.06. The lowest BCUT2D eigenvalue weighted by Crippen LogP contribution is -2.50. The van der Waals surface area contributed by atoms with Gasteiger partial charge in [0.2, 0.25) is 15.9 Å². The highest BCUT2D eigenvalue weighted by Gasteiger charge is 2.33. The third-order valence-corrected chi connectivity index (χ3v) is 7.38. The van der Waals surface area contributed by atoms with Crippen LogP contribution in [0.4, 0.5) is 13.2 Å². The molecule has 1 heterocycles. The Morgan fingerprint density at radius 3 is 1.97 bits per heavy atom. The number of benzene rings is 2. The van der Waals surface area contributed by atoms with Gasteiger partial charge < -0.3 is 4.90 Å². The number of nitrogens with zero attached hydrogens (tertiary/aromatic N) is 2. The number of carbonyl (C=O) groups excluding carboxylic acids is 1. The zero-order valence-corrected chi connectivity index (χ0v) is 18.0. The number of piperazine rings is 1. The number of carbonyl (C=O) groups is 1. The summed E-state index contributed by atoms with van der Waals surface area (Å²) in [7, 11) is -3.91. The first-order chi connectivity index (χ1) is 14.6. The van der Waals surface area contributed by atoms with Gasteiger partial charge in [-0.1, -0.05) is 31.2 Å². The third kappa shape index (κ3) is 5.65. The maximum Gasteiger partial charge on any atom is 0.416 e. The number of hydrogen-bond donors (Lipinski definition) is 0. The molecule has 0 N–H and O–H groups in total. The summed E-state index contributed by atoms with van der Waals surface area (Å²) >= 11 is 0. The number of halogens is 3. The molecule has 0 aliphatic carbocycles. The van der Waals surface area contributed by atoms with Crippen LogP contribution in [0.5, 0.6) is 0 Å². The van der Waals surface area contributed by atoms with Crippen molar-refractivity contribution in [1.82, 2.24) is 9.21 Å². The van der Waals surface area contributed by atoms with E-state index < -0.39 is 21.8 Å². The van der Waals surface area contributed by atoms with E-state index in [1.165, 1.54) is 9.87 Å². The van der Waals surface area contributed by atoms with Crippen molar-refractivity contribution in [2.45, 2.75) is 37.3 Å². The molecular weight excluding hydrogens is 429 g/mol. The Bertz CT molecular complexity index is 996. The van der Waals surface area contributed by atoms with E-state index >= 15 is 0 Å². The van der Waals surface area contributed by atoms with E-state index in [1.54, 1.807) is 4.90 Å². The molecule has 0 atom stereocenters. The molecule has 0 saturated carbocycles. The highest BCUT2D eigenvalue weighted by Crippen LogP contribution is 2.30. The van der Waals surface area contributed by atoms with Crippen LogP contribution in [0.1, 0.15) is 30.0 Å². The summed E-state index contributed by atoms with van der Waals surface area (Å²) in [6, 6.07) is 11.6. The quantitative estimate of drug-likeness (QED) is 0.668. The molecule has 1 aliphatic heterocycles. The van der Waals surface area contributed by atoms with Gasteiger partial charge in [0.25, 0.3) is 0 Å². The molecule has 31 heavy (non-hydrogen) atoms. The number of aryl methyl sites for hydroxylation is 2. The fourth-order valence-corrected chi connectivity index (χ4v) is 4.92. The topological polar surface area (TPSA) is 57.7 Å². The smallest absolute Gasteiger partial charge is 0.340 e. The molecule has 9 heteroatoms. The Morgan fingerprint density at radius 2 is 1.45 bits per heavy atom. The minimum Gasteiger partial charge on any atom is -0.340 e. The van der Waals surface area contributed by atoms with Crippen molar-refractivity contribution in [3.63, 3.8) is 0 Å². The summed E-state index contributed by atoms with van der Waals surface area (Å²) in [5, 5.41) is 0. The van der Waals surface area contributed by atoms with Crippen LogP contribution in [-0.2, 0) is 33.8 Å². The van der Waals surface area contributed by atoms with Crippen LogP contribution < -0.4 is 0 Å². The maximum atomic E-state index is 12.7. The molecule has 0 unspecified atom stereocenters. The molecule has 2 aromatic carbocycles. The summed E-state index contributed by atoms with van der Waals surface area (Å²) in [6.07, 6.45) is -2.60. The number of hydrogen-bond acceptors (Lipinski definition) is 3. The molecule has 2 aromatic rings. The molecule has 0 bridgehead atoms. The van der Waals surface area contributed by atoms with Crippen LogP contribution in [0.15, 0.2) is 53.4 Å². The zero-order chi connectivity index (χ0) is 22.6. The molecule has 168 valence electrons. The minimum atomic E-state index is -4.52. The largest absolute Gasteiger partial charge is 0.416 e. The number of amides is 1. The lowest BCUT2D eigenvalue weighted by atomic mass is 10.1. The van der Waals surface area contributed by atoms with Crippen molar-refractivity contribution in [3.8, 4) is 0 Å². The van der Waals surface area contributed by atoms with Crippen molar-refractivity contribution in [3.05, 3.63) is 65.2 Å². The molecule has 1 amide bonds. The van der Waals surface area contributed by atoms with Gasteiger partial charge in [0, 0.05) is 32.6 Å². The van der Waals surface area contributed by atoms with Crippen LogP contribution in [-0.4, -0.2) is 49.7 Å². The number of rotatable bonds is 6. The van der Waals surface area contributed by atoms with Gasteiger partial charge in [-0.25, -0.2) is 8.42 Å². The van der Waals surface area contributed by atoms with Crippen LogP contribution in [0.2, 0.25) is 0 Å². The maximum absolute atomic E-state index is 12.7. The van der Waals surface area contributed by atoms with Gasteiger partial charge >= 0.3 is 6.18 Å². The predicted molar refractivity (Wildman–Crippen MR) is 111 cm³/mol. The average Bonchev–Trinajstić information content (AvgIpc) is 2.77. The van der Waals surface area contributed by atoms with Crippen molar-refractivity contribution in [2.75, 3.05) is 26.2 Å². The fraction of sp³-hybridized carbons (Fsp3) is 0.409. The Labute approximate surface area is 180 Å². The lowest BCUT2D eigenvalue weighted by Gasteiger charge is -2.34. The highest BCUT2D eigenvalue weighted by atomic mass is 32.2. The van der Waals surface area contributed by atoms with Crippen LogP contribution in [0.25, 0.3) is 0 Å². The predicted octanol–water partition coefficient (Wildman–Crippen LogP) is 3.73. The monoisotopic (exact) mass is 454 g/mol. The van der Waals surface area contributed by atoms with E-state index in [0.29, 0.717) is 12.8 Å². The molecule has 3 rings (SSSR count). The third-order valence-electron chi connectivity index (χ3n) is 5.47. The Hall–Kier alpha value is -2.39. The van der Waals surface area contributed by atoms with Crippen LogP contribution in [0, 0.1) is 0 Å². The van der Waals surface area contributed by atoms with Gasteiger partial charge in [-0.15, -0.1) is 0 Å². The molecular formula is C22H25F3N2O3S. The first kappa shape index (κ1) is 23.3. The van der Waals surface area contributed by atoms with Crippen molar-refractivity contribution < 1.29 is 26.4 Å². The minimum absolute atomic E-state index is 0.0360. The highest BCUT2D eigenvalue weighted by molar-refractivity contribution is 7.89. The van der Waals surface area contributed by atoms with Gasteiger partial charge in [0.05, 0.1) is 10.5 Å². The second kappa shape index (κ2) is 9.40. The van der Waals surface area contributed by atoms with Crippen molar-refractivity contribution in [2.24, 2.45) is 0 Å². The van der Waals surface area contributed by atoms with Crippen LogP contribution >= 0.6 is 0 Å². The fourth-order valence-electron chi connectivity index (χ4n) is 3.49. The molecule has 1 saturated heterocycles. The number of alkyl halides is 3. The zero-order valence-electron chi connectivity index (χ0n) is 17.2. The molecule has 0 aromatic heterocycles. The van der Waals surface area contributed by atoms with E-state index in [1.807, 2.05) is 24.3 Å².